The third-order valence-electron chi connectivity index (χ3n) is 5.19. The zero-order chi connectivity index (χ0) is 27.4. The number of carbonyl (C=O) groups is 1. The lowest BCUT2D eigenvalue weighted by Crippen LogP contribution is -2.07. The predicted molar refractivity (Wildman–Crippen MR) is 151 cm³/mol. The van der Waals surface area contributed by atoms with Crippen molar-refractivity contribution in [3.05, 3.63) is 107 Å². The van der Waals surface area contributed by atoms with E-state index in [2.05, 4.69) is 11.6 Å². The van der Waals surface area contributed by atoms with Crippen molar-refractivity contribution in [2.45, 2.75) is 34.3 Å². The number of alkyl halides is 1. The van der Waals surface area contributed by atoms with Crippen molar-refractivity contribution in [1.82, 2.24) is 4.57 Å². The maximum Gasteiger partial charge on any atom is 0.338 e. The molecule has 1 heterocycles. The van der Waals surface area contributed by atoms with Gasteiger partial charge in [0.15, 0.2) is 0 Å². The number of aromatic nitrogens is 1. The van der Waals surface area contributed by atoms with Crippen molar-refractivity contribution < 1.29 is 18.7 Å². The smallest absolute Gasteiger partial charge is 0.338 e. The summed E-state index contributed by atoms with van der Waals surface area (Å²) in [6, 6.07) is 22.9. The summed E-state index contributed by atoms with van der Waals surface area (Å²) in [6.07, 6.45) is 1.47. The summed E-state index contributed by atoms with van der Waals surface area (Å²) < 4.78 is 27.5. The van der Waals surface area contributed by atoms with Crippen LogP contribution in [-0.4, -0.2) is 23.5 Å². The van der Waals surface area contributed by atoms with Gasteiger partial charge in [-0.3, -0.25) is 0 Å². The first-order valence-electron chi connectivity index (χ1n) is 12.0. The average molecular weight is 544 g/mol. The molecule has 0 unspecified atom stereocenters. The minimum Gasteiger partial charge on any atom is -0.488 e. The molecule has 1 aromatic heterocycles. The van der Waals surface area contributed by atoms with E-state index in [1.807, 2.05) is 61.7 Å². The van der Waals surface area contributed by atoms with Gasteiger partial charge < -0.3 is 14.0 Å². The van der Waals surface area contributed by atoms with Crippen LogP contribution >= 0.6 is 23.2 Å². The second kappa shape index (κ2) is 15.1. The van der Waals surface area contributed by atoms with Crippen molar-refractivity contribution in [3.63, 3.8) is 0 Å². The van der Waals surface area contributed by atoms with Gasteiger partial charge in [0.05, 0.1) is 17.9 Å². The van der Waals surface area contributed by atoms with Crippen LogP contribution < -0.4 is 4.74 Å². The Morgan fingerprint density at radius 2 is 1.68 bits per heavy atom. The van der Waals surface area contributed by atoms with E-state index in [1.54, 1.807) is 37.3 Å². The summed E-state index contributed by atoms with van der Waals surface area (Å²) in [7, 11) is 0. The van der Waals surface area contributed by atoms with Crippen LogP contribution in [0.5, 0.6) is 5.75 Å². The van der Waals surface area contributed by atoms with Gasteiger partial charge >= 0.3 is 5.97 Å². The van der Waals surface area contributed by atoms with Crippen molar-refractivity contribution in [2.24, 2.45) is 0 Å². The first-order chi connectivity index (χ1) is 18.0. The van der Waals surface area contributed by atoms with Crippen LogP contribution in [0, 0.1) is 12.7 Å². The van der Waals surface area contributed by atoms with Crippen LogP contribution in [0.2, 0.25) is 5.02 Å². The highest BCUT2D eigenvalue weighted by Crippen LogP contribution is 2.35. The standard InChI is InChI=1S/C27H23ClFNO3.C2H6.CH3Cl/c1-3-32-27(31)20-7-5-9-23(15-20)30-18(2)10-12-25(30)24-16-22(29)11-13-26(24)33-17-19-6-4-8-21(28)14-19;2*1-2/h4-16H,3,17H2,1-2H3;1-2H3;1H3. The molecule has 4 rings (SSSR count). The number of carbonyl (C=O) groups excluding carboxylic acids is 1. The van der Waals surface area contributed by atoms with E-state index >= 15 is 0 Å². The molecule has 196 valence electrons. The van der Waals surface area contributed by atoms with Gasteiger partial charge in [0, 0.05) is 28.4 Å². The number of esters is 1. The Bertz CT molecular complexity index is 1300. The molecule has 0 saturated heterocycles. The van der Waals surface area contributed by atoms with Gasteiger partial charge in [0.25, 0.3) is 0 Å². The van der Waals surface area contributed by atoms with Gasteiger partial charge in [-0.15, -0.1) is 11.6 Å². The van der Waals surface area contributed by atoms with Crippen LogP contribution in [0.1, 0.15) is 42.4 Å². The van der Waals surface area contributed by atoms with Crippen LogP contribution in [-0.2, 0) is 11.3 Å². The molecule has 0 aliphatic rings. The zero-order valence-corrected chi connectivity index (χ0v) is 23.2. The first-order valence-corrected chi connectivity index (χ1v) is 13.1. The number of ether oxygens (including phenoxy) is 2. The largest absolute Gasteiger partial charge is 0.488 e. The Morgan fingerprint density at radius 3 is 2.38 bits per heavy atom. The van der Waals surface area contributed by atoms with E-state index in [0.29, 0.717) is 28.5 Å². The first kappa shape index (κ1) is 29.9. The van der Waals surface area contributed by atoms with Crippen LogP contribution in [0.15, 0.2) is 78.9 Å². The highest BCUT2D eigenvalue weighted by atomic mass is 35.5. The Hall–Kier alpha value is -3.28. The maximum atomic E-state index is 14.3. The van der Waals surface area contributed by atoms with Crippen molar-refractivity contribution in [1.29, 1.82) is 0 Å². The maximum absolute atomic E-state index is 14.3. The lowest BCUT2D eigenvalue weighted by molar-refractivity contribution is 0.0526. The Labute approximate surface area is 228 Å². The van der Waals surface area contributed by atoms with E-state index in [0.717, 1.165) is 22.6 Å². The minimum atomic E-state index is -0.387. The van der Waals surface area contributed by atoms with Gasteiger partial charge in [0.2, 0.25) is 0 Å². The fraction of sp³-hybridized carbons (Fsp3) is 0.233. The fourth-order valence-electron chi connectivity index (χ4n) is 3.69. The lowest BCUT2D eigenvalue weighted by atomic mass is 10.1. The Balaban J connectivity index is 0.00000115. The number of benzene rings is 3. The SMILES string of the molecule is CC.CCOC(=O)c1cccc(-n2c(C)ccc2-c2cc(F)ccc2OCc2cccc(Cl)c2)c1.CCl. The van der Waals surface area contributed by atoms with Gasteiger partial charge in [-0.05, 0) is 80.1 Å². The quantitative estimate of drug-likeness (QED) is 0.172. The van der Waals surface area contributed by atoms with E-state index in [-0.39, 0.29) is 18.4 Å². The topological polar surface area (TPSA) is 40.5 Å². The summed E-state index contributed by atoms with van der Waals surface area (Å²) in [5.74, 6) is -0.218. The lowest BCUT2D eigenvalue weighted by Gasteiger charge is -2.16. The average Bonchev–Trinajstić information content (AvgIpc) is 3.31. The number of aryl methyl sites for hydroxylation is 1. The number of hydrogen-bond acceptors (Lipinski definition) is 3. The van der Waals surface area contributed by atoms with E-state index in [4.69, 9.17) is 21.1 Å². The number of nitrogens with zero attached hydrogens (tertiary/aromatic N) is 1. The highest BCUT2D eigenvalue weighted by Gasteiger charge is 2.17. The van der Waals surface area contributed by atoms with Crippen molar-refractivity contribution >= 4 is 29.2 Å². The molecular formula is C30H32Cl2FNO3. The van der Waals surface area contributed by atoms with Crippen LogP contribution in [0.25, 0.3) is 16.9 Å². The normalized spacial score (nSPS) is 9.95. The molecule has 0 amide bonds. The molecule has 3 aromatic carbocycles. The molecular weight excluding hydrogens is 512 g/mol. The van der Waals surface area contributed by atoms with Gasteiger partial charge in [-0.2, -0.15) is 0 Å². The predicted octanol–water partition coefficient (Wildman–Crippen LogP) is 8.88. The van der Waals surface area contributed by atoms with E-state index < -0.39 is 0 Å². The summed E-state index contributed by atoms with van der Waals surface area (Å²) in [6.45, 7) is 8.31. The number of hydrogen-bond donors (Lipinski definition) is 0. The molecule has 4 nitrogen and oxygen atoms in total. The fourth-order valence-corrected chi connectivity index (χ4v) is 3.91. The molecule has 0 fully saturated rings. The summed E-state index contributed by atoms with van der Waals surface area (Å²) in [4.78, 5) is 12.2. The third kappa shape index (κ3) is 7.85. The molecule has 0 N–H and O–H groups in total. The molecule has 0 atom stereocenters. The third-order valence-corrected chi connectivity index (χ3v) is 5.43. The number of rotatable bonds is 7. The molecule has 0 spiro atoms. The van der Waals surface area contributed by atoms with E-state index in [9.17, 15) is 9.18 Å². The summed E-state index contributed by atoms with van der Waals surface area (Å²) >= 11 is 10.7. The van der Waals surface area contributed by atoms with Crippen molar-refractivity contribution in [3.8, 4) is 22.7 Å². The second-order valence-electron chi connectivity index (χ2n) is 7.53. The Kier molecular flexibility index (Phi) is 12.2. The Morgan fingerprint density at radius 1 is 0.946 bits per heavy atom. The minimum absolute atomic E-state index is 0.289. The molecule has 0 aliphatic carbocycles. The zero-order valence-electron chi connectivity index (χ0n) is 21.7. The molecule has 37 heavy (non-hydrogen) atoms. The molecule has 0 bridgehead atoms. The summed E-state index contributed by atoms with van der Waals surface area (Å²) in [5.41, 5.74) is 4.40. The van der Waals surface area contributed by atoms with Gasteiger partial charge in [0.1, 0.15) is 18.2 Å². The van der Waals surface area contributed by atoms with Gasteiger partial charge in [-0.1, -0.05) is 43.6 Å². The van der Waals surface area contributed by atoms with E-state index in [1.165, 1.54) is 18.5 Å². The molecule has 0 aliphatic heterocycles. The highest BCUT2D eigenvalue weighted by molar-refractivity contribution is 6.30. The van der Waals surface area contributed by atoms with Crippen LogP contribution in [0.3, 0.4) is 0 Å². The molecule has 0 radical (unpaired) electrons. The van der Waals surface area contributed by atoms with Crippen LogP contribution in [0.4, 0.5) is 4.39 Å². The molecule has 7 heteroatoms. The van der Waals surface area contributed by atoms with Crippen molar-refractivity contribution in [2.75, 3.05) is 13.0 Å². The number of halogens is 3. The summed E-state index contributed by atoms with van der Waals surface area (Å²) in [5, 5.41) is 0.626. The molecule has 0 saturated carbocycles. The monoisotopic (exact) mass is 543 g/mol. The van der Waals surface area contributed by atoms with Gasteiger partial charge in [-0.25, -0.2) is 9.18 Å². The molecule has 4 aromatic rings. The second-order valence-corrected chi connectivity index (χ2v) is 7.96.